The SMILES string of the molecule is COc1ccc(C(=N)N)c(C(F)(F)F)c1.Cl. The van der Waals surface area contributed by atoms with Crippen molar-refractivity contribution < 1.29 is 17.9 Å². The Labute approximate surface area is 96.3 Å². The summed E-state index contributed by atoms with van der Waals surface area (Å²) in [6.45, 7) is 0. The van der Waals surface area contributed by atoms with Crippen LogP contribution in [0.15, 0.2) is 18.2 Å². The molecular formula is C9H10ClF3N2O. The lowest BCUT2D eigenvalue weighted by Gasteiger charge is -2.12. The molecule has 90 valence electrons. The zero-order valence-electron chi connectivity index (χ0n) is 8.26. The second-order valence-electron chi connectivity index (χ2n) is 2.82. The molecule has 0 unspecified atom stereocenters. The highest BCUT2D eigenvalue weighted by atomic mass is 35.5. The summed E-state index contributed by atoms with van der Waals surface area (Å²) in [6.07, 6.45) is -4.55. The molecule has 7 heteroatoms. The second kappa shape index (κ2) is 5.07. The second-order valence-corrected chi connectivity index (χ2v) is 2.82. The van der Waals surface area contributed by atoms with Crippen molar-refractivity contribution in [3.8, 4) is 5.75 Å². The maximum Gasteiger partial charge on any atom is 0.417 e. The number of hydrogen-bond donors (Lipinski definition) is 2. The summed E-state index contributed by atoms with van der Waals surface area (Å²) in [7, 11) is 1.27. The molecule has 0 saturated heterocycles. The maximum absolute atomic E-state index is 12.5. The van der Waals surface area contributed by atoms with E-state index in [4.69, 9.17) is 11.1 Å². The molecule has 16 heavy (non-hydrogen) atoms. The van der Waals surface area contributed by atoms with Crippen LogP contribution in [-0.4, -0.2) is 12.9 Å². The molecule has 3 nitrogen and oxygen atoms in total. The number of halogens is 4. The van der Waals surface area contributed by atoms with Crippen molar-refractivity contribution in [3.05, 3.63) is 29.3 Å². The number of methoxy groups -OCH3 is 1. The lowest BCUT2D eigenvalue weighted by molar-refractivity contribution is -0.137. The molecule has 1 aromatic carbocycles. The van der Waals surface area contributed by atoms with E-state index in [2.05, 4.69) is 4.74 Å². The highest BCUT2D eigenvalue weighted by molar-refractivity contribution is 5.96. The molecule has 0 atom stereocenters. The molecule has 0 fully saturated rings. The summed E-state index contributed by atoms with van der Waals surface area (Å²) in [5.74, 6) is -0.544. The molecule has 0 aromatic heterocycles. The Hall–Kier alpha value is -1.43. The fourth-order valence-electron chi connectivity index (χ4n) is 1.12. The van der Waals surface area contributed by atoms with Gasteiger partial charge in [-0.15, -0.1) is 12.4 Å². The minimum atomic E-state index is -4.55. The molecule has 0 spiro atoms. The molecule has 0 saturated carbocycles. The molecule has 3 N–H and O–H groups in total. The van der Waals surface area contributed by atoms with E-state index in [1.54, 1.807) is 0 Å². The van der Waals surface area contributed by atoms with E-state index in [1.165, 1.54) is 13.2 Å². The third-order valence-corrected chi connectivity index (χ3v) is 1.82. The number of alkyl halides is 3. The standard InChI is InChI=1S/C9H9F3N2O.ClH/c1-15-5-2-3-6(8(13)14)7(4-5)9(10,11)12;/h2-4H,1H3,(H3,13,14);1H. The van der Waals surface area contributed by atoms with Gasteiger partial charge in [0.05, 0.1) is 12.7 Å². The Morgan fingerprint density at radius 1 is 1.38 bits per heavy atom. The zero-order chi connectivity index (χ0) is 11.6. The number of nitrogens with one attached hydrogen (secondary N) is 1. The highest BCUT2D eigenvalue weighted by Gasteiger charge is 2.34. The Bertz CT molecular complexity index is 393. The van der Waals surface area contributed by atoms with Gasteiger partial charge >= 0.3 is 6.18 Å². The molecule has 1 aromatic rings. The number of benzene rings is 1. The van der Waals surface area contributed by atoms with Gasteiger partial charge in [0.1, 0.15) is 11.6 Å². The summed E-state index contributed by atoms with van der Waals surface area (Å²) in [4.78, 5) is 0. The van der Waals surface area contributed by atoms with Crippen molar-refractivity contribution in [1.29, 1.82) is 5.41 Å². The molecule has 0 amide bonds. The number of hydrogen-bond acceptors (Lipinski definition) is 2. The van der Waals surface area contributed by atoms with Crippen molar-refractivity contribution in [3.63, 3.8) is 0 Å². The molecule has 0 bridgehead atoms. The van der Waals surface area contributed by atoms with Crippen molar-refractivity contribution in [1.82, 2.24) is 0 Å². The smallest absolute Gasteiger partial charge is 0.417 e. The normalized spacial score (nSPS) is 10.5. The van der Waals surface area contributed by atoms with Crippen LogP contribution in [0, 0.1) is 5.41 Å². The van der Waals surface area contributed by atoms with Gasteiger partial charge in [-0.05, 0) is 18.2 Å². The van der Waals surface area contributed by atoms with Crippen LogP contribution in [0.25, 0.3) is 0 Å². The number of nitrogen functional groups attached to an aromatic ring is 1. The Kier molecular flexibility index (Phi) is 4.61. The monoisotopic (exact) mass is 254 g/mol. The zero-order valence-corrected chi connectivity index (χ0v) is 9.08. The molecule has 0 heterocycles. The Morgan fingerprint density at radius 2 is 1.94 bits per heavy atom. The number of nitrogens with two attached hydrogens (primary N) is 1. The predicted octanol–water partition coefficient (Wildman–Crippen LogP) is 2.42. The minimum Gasteiger partial charge on any atom is -0.497 e. The summed E-state index contributed by atoms with van der Waals surface area (Å²) in [5, 5.41) is 7.02. The lowest BCUT2D eigenvalue weighted by atomic mass is 10.1. The quantitative estimate of drug-likeness (QED) is 0.629. The third-order valence-electron chi connectivity index (χ3n) is 1.82. The van der Waals surface area contributed by atoms with Gasteiger partial charge in [-0.25, -0.2) is 0 Å². The average Bonchev–Trinajstić information content (AvgIpc) is 2.15. The van der Waals surface area contributed by atoms with E-state index in [0.717, 1.165) is 12.1 Å². The number of amidine groups is 1. The van der Waals surface area contributed by atoms with Crippen LogP contribution in [0.2, 0.25) is 0 Å². The van der Waals surface area contributed by atoms with E-state index >= 15 is 0 Å². The van der Waals surface area contributed by atoms with E-state index in [0.29, 0.717) is 0 Å². The van der Waals surface area contributed by atoms with E-state index in [-0.39, 0.29) is 23.7 Å². The fourth-order valence-corrected chi connectivity index (χ4v) is 1.12. The van der Waals surface area contributed by atoms with Gasteiger partial charge in [-0.2, -0.15) is 13.2 Å². The molecule has 0 aliphatic heterocycles. The first-order chi connectivity index (χ1) is 6.86. The molecule has 1 rings (SSSR count). The Balaban J connectivity index is 0.00000225. The van der Waals surface area contributed by atoms with E-state index in [1.807, 2.05) is 0 Å². The van der Waals surface area contributed by atoms with Crippen LogP contribution in [0.3, 0.4) is 0 Å². The third kappa shape index (κ3) is 3.03. The van der Waals surface area contributed by atoms with Crippen LogP contribution < -0.4 is 10.5 Å². The first-order valence-electron chi connectivity index (χ1n) is 3.96. The van der Waals surface area contributed by atoms with Crippen LogP contribution in [-0.2, 0) is 6.18 Å². The number of ether oxygens (including phenoxy) is 1. The summed E-state index contributed by atoms with van der Waals surface area (Å²) < 4.78 is 42.2. The highest BCUT2D eigenvalue weighted by Crippen LogP contribution is 2.34. The van der Waals surface area contributed by atoms with E-state index in [9.17, 15) is 13.2 Å². The first kappa shape index (κ1) is 14.6. The van der Waals surface area contributed by atoms with Gasteiger partial charge in [0, 0.05) is 5.56 Å². The molecule has 0 aliphatic rings. The lowest BCUT2D eigenvalue weighted by Crippen LogP contribution is -2.18. The van der Waals surface area contributed by atoms with Crippen LogP contribution in [0.5, 0.6) is 5.75 Å². The van der Waals surface area contributed by atoms with Gasteiger partial charge in [-0.1, -0.05) is 0 Å². The minimum absolute atomic E-state index is 0. The van der Waals surface area contributed by atoms with E-state index < -0.39 is 17.6 Å². The van der Waals surface area contributed by atoms with Crippen molar-refractivity contribution >= 4 is 18.2 Å². The first-order valence-corrected chi connectivity index (χ1v) is 3.96. The largest absolute Gasteiger partial charge is 0.497 e. The van der Waals surface area contributed by atoms with Crippen molar-refractivity contribution in [2.45, 2.75) is 6.18 Å². The molecular weight excluding hydrogens is 245 g/mol. The fraction of sp³-hybridized carbons (Fsp3) is 0.222. The van der Waals surface area contributed by atoms with Gasteiger partial charge in [-0.3, -0.25) is 5.41 Å². The average molecular weight is 255 g/mol. The molecule has 0 aliphatic carbocycles. The predicted molar refractivity (Wildman–Crippen MR) is 56.3 cm³/mol. The number of rotatable bonds is 2. The van der Waals surface area contributed by atoms with Crippen LogP contribution in [0.1, 0.15) is 11.1 Å². The van der Waals surface area contributed by atoms with Crippen molar-refractivity contribution in [2.24, 2.45) is 5.73 Å². The van der Waals surface area contributed by atoms with Gasteiger partial charge < -0.3 is 10.5 Å². The van der Waals surface area contributed by atoms with Crippen LogP contribution in [0.4, 0.5) is 13.2 Å². The molecule has 0 radical (unpaired) electrons. The Morgan fingerprint density at radius 3 is 2.31 bits per heavy atom. The van der Waals surface area contributed by atoms with Gasteiger partial charge in [0.15, 0.2) is 0 Å². The summed E-state index contributed by atoms with van der Waals surface area (Å²) >= 11 is 0. The van der Waals surface area contributed by atoms with Crippen LogP contribution >= 0.6 is 12.4 Å². The summed E-state index contributed by atoms with van der Waals surface area (Å²) in [6, 6.07) is 3.26. The maximum atomic E-state index is 12.5. The topological polar surface area (TPSA) is 59.1 Å². The summed E-state index contributed by atoms with van der Waals surface area (Å²) in [5.41, 5.74) is 3.74. The van der Waals surface area contributed by atoms with Gasteiger partial charge in [0.25, 0.3) is 0 Å². The van der Waals surface area contributed by atoms with Crippen molar-refractivity contribution in [2.75, 3.05) is 7.11 Å². The van der Waals surface area contributed by atoms with Gasteiger partial charge in [0.2, 0.25) is 0 Å².